The summed E-state index contributed by atoms with van der Waals surface area (Å²) in [4.78, 5) is 25.8. The summed E-state index contributed by atoms with van der Waals surface area (Å²) in [5, 5.41) is 12.9. The van der Waals surface area contributed by atoms with Crippen molar-refractivity contribution < 1.29 is 9.53 Å². The molecule has 196 valence electrons. The molecule has 0 unspecified atom stereocenters. The Kier molecular flexibility index (Phi) is 6.66. The van der Waals surface area contributed by atoms with Gasteiger partial charge >= 0.3 is 6.09 Å². The first-order chi connectivity index (χ1) is 18.1. The minimum Gasteiger partial charge on any atom is -0.444 e. The van der Waals surface area contributed by atoms with Crippen molar-refractivity contribution in [3.8, 4) is 17.3 Å². The molecule has 0 aliphatic carbocycles. The van der Waals surface area contributed by atoms with Crippen LogP contribution in [0.2, 0.25) is 5.28 Å². The van der Waals surface area contributed by atoms with Crippen LogP contribution in [0.5, 0.6) is 0 Å². The maximum atomic E-state index is 12.9. The first kappa shape index (κ1) is 25.8. The number of anilines is 1. The van der Waals surface area contributed by atoms with E-state index in [1.807, 2.05) is 27.8 Å². The lowest BCUT2D eigenvalue weighted by atomic mass is 9.98. The van der Waals surface area contributed by atoms with E-state index in [4.69, 9.17) is 16.3 Å². The van der Waals surface area contributed by atoms with Crippen LogP contribution in [0.1, 0.15) is 32.8 Å². The molecule has 1 fully saturated rings. The molecule has 1 aliphatic rings. The molecule has 2 aromatic carbocycles. The first-order valence-electron chi connectivity index (χ1n) is 12.7. The molecule has 5 rings (SSSR count). The second-order valence-electron chi connectivity index (χ2n) is 10.8. The Labute approximate surface area is 227 Å². The van der Waals surface area contributed by atoms with E-state index < -0.39 is 11.7 Å². The molecule has 3 heterocycles. The van der Waals surface area contributed by atoms with E-state index in [2.05, 4.69) is 74.9 Å². The second-order valence-corrected chi connectivity index (χ2v) is 11.1. The molecule has 0 radical (unpaired) electrons. The van der Waals surface area contributed by atoms with E-state index in [1.165, 1.54) is 16.3 Å². The highest BCUT2D eigenvalue weighted by Gasteiger charge is 2.34. The number of carbonyl (C=O) groups excluding carboxylic acids is 1. The lowest BCUT2D eigenvalue weighted by Gasteiger charge is -2.41. The number of nitrogens with zero attached hydrogens (tertiary/aromatic N) is 6. The largest absolute Gasteiger partial charge is 0.444 e. The number of ether oxygens (including phenoxy) is 1. The topological polar surface area (TPSA) is 87.3 Å². The summed E-state index contributed by atoms with van der Waals surface area (Å²) in [6.07, 6.45) is -0.218. The molecule has 1 aliphatic heterocycles. The highest BCUT2D eigenvalue weighted by molar-refractivity contribution is 6.28. The Hall–Kier alpha value is -3.83. The SMILES string of the molecule is Cc1cccc2cccc(-c3cc4c(N5CCN(C(=O)OC(C)(C)C)[C@@H](CC#N)C5)nc(Cl)nc4n3C)c12. The minimum absolute atomic E-state index is 0.153. The lowest BCUT2D eigenvalue weighted by Crippen LogP contribution is -2.56. The van der Waals surface area contributed by atoms with Gasteiger partial charge in [0, 0.05) is 32.2 Å². The Morgan fingerprint density at radius 1 is 1.18 bits per heavy atom. The second kappa shape index (κ2) is 9.80. The van der Waals surface area contributed by atoms with Crippen molar-refractivity contribution in [3.05, 3.63) is 53.3 Å². The van der Waals surface area contributed by atoms with Crippen molar-refractivity contribution in [1.82, 2.24) is 19.4 Å². The number of piperazine rings is 1. The van der Waals surface area contributed by atoms with E-state index in [9.17, 15) is 10.1 Å². The van der Waals surface area contributed by atoms with Gasteiger partial charge in [0.25, 0.3) is 0 Å². The number of benzene rings is 2. The summed E-state index contributed by atoms with van der Waals surface area (Å²) in [5.41, 5.74) is 3.44. The normalized spacial score (nSPS) is 16.2. The van der Waals surface area contributed by atoms with E-state index in [0.717, 1.165) is 22.3 Å². The van der Waals surface area contributed by atoms with Gasteiger partial charge in [0.1, 0.15) is 17.1 Å². The van der Waals surface area contributed by atoms with Crippen LogP contribution in [-0.4, -0.2) is 56.8 Å². The highest BCUT2D eigenvalue weighted by Crippen LogP contribution is 2.37. The fraction of sp³-hybridized carbons (Fsp3) is 0.379. The van der Waals surface area contributed by atoms with Crippen LogP contribution >= 0.6 is 11.6 Å². The third-order valence-corrected chi connectivity index (χ3v) is 7.13. The van der Waals surface area contributed by atoms with Crippen molar-refractivity contribution >= 4 is 45.3 Å². The van der Waals surface area contributed by atoms with Crippen LogP contribution in [0.15, 0.2) is 42.5 Å². The zero-order valence-electron chi connectivity index (χ0n) is 22.3. The molecule has 4 aromatic rings. The van der Waals surface area contributed by atoms with Gasteiger partial charge in [0.2, 0.25) is 5.28 Å². The molecule has 9 heteroatoms. The molecule has 38 heavy (non-hydrogen) atoms. The van der Waals surface area contributed by atoms with Crippen LogP contribution in [-0.2, 0) is 11.8 Å². The maximum absolute atomic E-state index is 12.9. The van der Waals surface area contributed by atoms with Gasteiger partial charge in [-0.25, -0.2) is 4.79 Å². The molecule has 1 atom stereocenters. The first-order valence-corrected chi connectivity index (χ1v) is 13.1. The van der Waals surface area contributed by atoms with Gasteiger partial charge in [-0.2, -0.15) is 15.2 Å². The van der Waals surface area contributed by atoms with E-state index in [-0.39, 0.29) is 17.7 Å². The molecule has 0 N–H and O–H groups in total. The number of amides is 1. The Balaban J connectivity index is 1.56. The summed E-state index contributed by atoms with van der Waals surface area (Å²) in [6, 6.07) is 16.6. The number of hydrogen-bond donors (Lipinski definition) is 0. The Bertz CT molecular complexity index is 1580. The zero-order chi connectivity index (χ0) is 27.2. The molecular weight excluding hydrogens is 500 g/mol. The summed E-state index contributed by atoms with van der Waals surface area (Å²) in [5.74, 6) is 0.700. The van der Waals surface area contributed by atoms with Gasteiger partial charge in [-0.05, 0) is 61.7 Å². The molecular formula is C29H31ClN6O2. The fourth-order valence-corrected chi connectivity index (χ4v) is 5.44. The predicted octanol–water partition coefficient (Wildman–Crippen LogP) is 6.09. The molecule has 1 saturated heterocycles. The summed E-state index contributed by atoms with van der Waals surface area (Å²) in [7, 11) is 1.99. The monoisotopic (exact) mass is 530 g/mol. The van der Waals surface area contributed by atoms with Gasteiger partial charge in [-0.15, -0.1) is 0 Å². The van der Waals surface area contributed by atoms with Crippen molar-refractivity contribution in [2.24, 2.45) is 7.05 Å². The summed E-state index contributed by atoms with van der Waals surface area (Å²) < 4.78 is 7.66. The molecule has 1 amide bonds. The lowest BCUT2D eigenvalue weighted by molar-refractivity contribution is 0.0145. The quantitative estimate of drug-likeness (QED) is 0.298. The number of hydrogen-bond acceptors (Lipinski definition) is 6. The smallest absolute Gasteiger partial charge is 0.410 e. The number of fused-ring (bicyclic) bond motifs is 2. The number of carbonyl (C=O) groups is 1. The summed E-state index contributed by atoms with van der Waals surface area (Å²) in [6.45, 7) is 9.01. The minimum atomic E-state index is -0.613. The van der Waals surface area contributed by atoms with Crippen LogP contribution in [0.3, 0.4) is 0 Å². The molecule has 0 spiro atoms. The van der Waals surface area contributed by atoms with Crippen LogP contribution in [0.25, 0.3) is 33.1 Å². The van der Waals surface area contributed by atoms with Crippen molar-refractivity contribution in [2.75, 3.05) is 24.5 Å². The fourth-order valence-electron chi connectivity index (χ4n) is 5.28. The average molecular weight is 531 g/mol. The van der Waals surface area contributed by atoms with E-state index >= 15 is 0 Å². The number of rotatable bonds is 3. The number of aryl methyl sites for hydroxylation is 2. The Morgan fingerprint density at radius 3 is 2.63 bits per heavy atom. The number of nitriles is 1. The van der Waals surface area contributed by atoms with Gasteiger partial charge in [-0.3, -0.25) is 0 Å². The van der Waals surface area contributed by atoms with Gasteiger partial charge in [0.05, 0.1) is 29.6 Å². The van der Waals surface area contributed by atoms with Crippen molar-refractivity contribution in [2.45, 2.75) is 45.8 Å². The van der Waals surface area contributed by atoms with E-state index in [0.29, 0.717) is 25.5 Å². The summed E-state index contributed by atoms with van der Waals surface area (Å²) >= 11 is 6.44. The number of halogens is 1. The molecule has 0 saturated carbocycles. The molecule has 8 nitrogen and oxygen atoms in total. The van der Waals surface area contributed by atoms with Crippen LogP contribution in [0, 0.1) is 18.3 Å². The maximum Gasteiger partial charge on any atom is 0.410 e. The number of aromatic nitrogens is 3. The predicted molar refractivity (Wildman–Crippen MR) is 150 cm³/mol. The van der Waals surface area contributed by atoms with Gasteiger partial charge in [0.15, 0.2) is 0 Å². The van der Waals surface area contributed by atoms with Crippen LogP contribution in [0.4, 0.5) is 10.6 Å². The molecule has 0 bridgehead atoms. The van der Waals surface area contributed by atoms with Crippen LogP contribution < -0.4 is 4.90 Å². The van der Waals surface area contributed by atoms with Crippen molar-refractivity contribution in [1.29, 1.82) is 5.26 Å². The highest BCUT2D eigenvalue weighted by atomic mass is 35.5. The third-order valence-electron chi connectivity index (χ3n) is 6.96. The van der Waals surface area contributed by atoms with Crippen molar-refractivity contribution in [3.63, 3.8) is 0 Å². The third kappa shape index (κ3) is 4.74. The van der Waals surface area contributed by atoms with E-state index in [1.54, 1.807) is 4.90 Å². The van der Waals surface area contributed by atoms with Gasteiger partial charge < -0.3 is 19.1 Å². The Morgan fingerprint density at radius 2 is 1.92 bits per heavy atom. The van der Waals surface area contributed by atoms with Gasteiger partial charge in [-0.1, -0.05) is 36.4 Å². The molecule has 2 aromatic heterocycles. The average Bonchev–Trinajstić information content (AvgIpc) is 3.18. The standard InChI is InChI=1S/C29H31ClN6O2/c1-18-8-6-9-19-10-7-11-21(24(18)19)23-16-22-25(34(23)5)32-27(30)33-26(22)35-14-15-36(20(17-35)12-13-31)28(37)38-29(2,3)4/h6-11,16,20H,12,14-15,17H2,1-5H3/t20-/m0/s1. The zero-order valence-corrected chi connectivity index (χ0v) is 23.1.